The van der Waals surface area contributed by atoms with Gasteiger partial charge in [0.1, 0.15) is 5.75 Å². The normalized spacial score (nSPS) is 15.0. The molecular weight excluding hydrogens is 633 g/mol. The van der Waals surface area contributed by atoms with E-state index >= 15 is 0 Å². The molecule has 13 heteroatoms. The van der Waals surface area contributed by atoms with Crippen LogP contribution in [-0.4, -0.2) is 41.2 Å². The monoisotopic (exact) mass is 653 g/mol. The fourth-order valence-corrected chi connectivity index (χ4v) is 7.14. The largest absolute Gasteiger partial charge is 0.503 e. The highest BCUT2D eigenvalue weighted by Crippen LogP contribution is 2.45. The second-order valence-electron chi connectivity index (χ2n) is 9.31. The van der Waals surface area contributed by atoms with Crippen LogP contribution in [0.4, 0.5) is 5.13 Å². The van der Waals surface area contributed by atoms with Crippen molar-refractivity contribution >= 4 is 74.1 Å². The second kappa shape index (κ2) is 11.9. The van der Waals surface area contributed by atoms with Crippen LogP contribution in [0.25, 0.3) is 11.0 Å². The van der Waals surface area contributed by atoms with Crippen LogP contribution in [-0.2, 0) is 10.5 Å². The highest BCUT2D eigenvalue weighted by molar-refractivity contribution is 8.00. The molecular formula is C30H21Cl2N3O6S2. The molecule has 1 unspecified atom stereocenters. The SMILES string of the molecule is COc1ccc(C2C(C(=O)c3cc4cccc(OC)c4o3)=C(O)C(=O)N2c2nnc(SCc3ccc(Cl)cc3Cl)s2)cc1. The first kappa shape index (κ1) is 29.1. The number of thioether (sulfide) groups is 1. The summed E-state index contributed by atoms with van der Waals surface area (Å²) in [7, 11) is 3.04. The van der Waals surface area contributed by atoms with E-state index in [2.05, 4.69) is 10.2 Å². The molecule has 0 fully saturated rings. The smallest absolute Gasteiger partial charge is 0.296 e. The van der Waals surface area contributed by atoms with Gasteiger partial charge in [-0.1, -0.05) is 76.6 Å². The number of carbonyl (C=O) groups excluding carboxylic acids is 2. The number of fused-ring (bicyclic) bond motifs is 1. The molecule has 0 bridgehead atoms. The van der Waals surface area contributed by atoms with Crippen LogP contribution in [0.1, 0.15) is 27.7 Å². The number of methoxy groups -OCH3 is 2. The van der Waals surface area contributed by atoms with E-state index in [1.807, 2.05) is 6.07 Å². The van der Waals surface area contributed by atoms with Gasteiger partial charge in [-0.2, -0.15) is 0 Å². The maximum absolute atomic E-state index is 14.0. The summed E-state index contributed by atoms with van der Waals surface area (Å²) in [4.78, 5) is 28.8. The van der Waals surface area contributed by atoms with Crippen molar-refractivity contribution in [2.75, 3.05) is 19.1 Å². The minimum absolute atomic E-state index is 0.0532. The van der Waals surface area contributed by atoms with Crippen LogP contribution in [0.5, 0.6) is 11.5 Å². The predicted octanol–water partition coefficient (Wildman–Crippen LogP) is 7.68. The van der Waals surface area contributed by atoms with Gasteiger partial charge in [-0.25, -0.2) is 0 Å². The average Bonchev–Trinajstić information content (AvgIpc) is 3.73. The number of para-hydroxylation sites is 1. The molecule has 0 radical (unpaired) electrons. The van der Waals surface area contributed by atoms with Gasteiger partial charge >= 0.3 is 0 Å². The first-order valence-electron chi connectivity index (χ1n) is 12.7. The molecule has 1 aliphatic rings. The molecule has 0 saturated heterocycles. The van der Waals surface area contributed by atoms with E-state index in [-0.39, 0.29) is 16.5 Å². The van der Waals surface area contributed by atoms with Crippen molar-refractivity contribution < 1.29 is 28.6 Å². The van der Waals surface area contributed by atoms with E-state index in [1.165, 1.54) is 30.9 Å². The molecule has 0 aliphatic carbocycles. The number of aromatic nitrogens is 2. The number of nitrogens with zero attached hydrogens (tertiary/aromatic N) is 3. The number of hydrogen-bond acceptors (Lipinski definition) is 10. The van der Waals surface area contributed by atoms with Gasteiger partial charge in [-0.05, 0) is 47.5 Å². The van der Waals surface area contributed by atoms with Crippen LogP contribution in [0, 0.1) is 0 Å². The summed E-state index contributed by atoms with van der Waals surface area (Å²) >= 11 is 14.9. The molecule has 1 amide bonds. The van der Waals surface area contributed by atoms with Crippen molar-refractivity contribution in [2.45, 2.75) is 16.1 Å². The Labute approximate surface area is 263 Å². The molecule has 1 atom stereocenters. The molecule has 218 valence electrons. The Morgan fingerprint density at radius 2 is 1.86 bits per heavy atom. The average molecular weight is 655 g/mol. The van der Waals surface area contributed by atoms with Crippen molar-refractivity contribution in [3.63, 3.8) is 0 Å². The quantitative estimate of drug-likeness (QED) is 0.0971. The number of halogens is 2. The van der Waals surface area contributed by atoms with Gasteiger partial charge in [-0.15, -0.1) is 10.2 Å². The lowest BCUT2D eigenvalue weighted by molar-refractivity contribution is -0.117. The van der Waals surface area contributed by atoms with Gasteiger partial charge in [0, 0.05) is 21.2 Å². The number of ether oxygens (including phenoxy) is 2. The summed E-state index contributed by atoms with van der Waals surface area (Å²) in [5, 5.41) is 21.5. The predicted molar refractivity (Wildman–Crippen MR) is 166 cm³/mol. The van der Waals surface area contributed by atoms with Crippen molar-refractivity contribution in [2.24, 2.45) is 0 Å². The number of furan rings is 1. The third-order valence-electron chi connectivity index (χ3n) is 6.80. The Morgan fingerprint density at radius 3 is 2.58 bits per heavy atom. The van der Waals surface area contributed by atoms with Crippen LogP contribution in [0.15, 0.2) is 86.8 Å². The van der Waals surface area contributed by atoms with Gasteiger partial charge in [0.05, 0.1) is 25.8 Å². The number of benzene rings is 3. The van der Waals surface area contributed by atoms with E-state index in [1.54, 1.807) is 60.7 Å². The molecule has 0 saturated carbocycles. The summed E-state index contributed by atoms with van der Waals surface area (Å²) in [6.07, 6.45) is 0. The number of Topliss-reactive ketones (excluding diaryl/α,β-unsaturated/α-hetero) is 1. The molecule has 1 aliphatic heterocycles. The summed E-state index contributed by atoms with van der Waals surface area (Å²) in [6, 6.07) is 17.9. The lowest BCUT2D eigenvalue weighted by Gasteiger charge is -2.24. The van der Waals surface area contributed by atoms with Crippen LogP contribution >= 0.6 is 46.3 Å². The van der Waals surface area contributed by atoms with Gasteiger partial charge < -0.3 is 19.0 Å². The maximum Gasteiger partial charge on any atom is 0.296 e. The van der Waals surface area contributed by atoms with E-state index in [0.717, 1.165) is 16.9 Å². The maximum atomic E-state index is 14.0. The minimum atomic E-state index is -1.02. The third kappa shape index (κ3) is 5.45. The third-order valence-corrected chi connectivity index (χ3v) is 9.50. The van der Waals surface area contributed by atoms with Gasteiger partial charge in [0.2, 0.25) is 10.9 Å². The zero-order valence-corrected chi connectivity index (χ0v) is 25.7. The van der Waals surface area contributed by atoms with Crippen LogP contribution in [0.3, 0.4) is 0 Å². The van der Waals surface area contributed by atoms with Crippen LogP contribution in [0.2, 0.25) is 10.0 Å². The summed E-state index contributed by atoms with van der Waals surface area (Å²) in [5.74, 6) is -0.665. The number of rotatable bonds is 9. The number of anilines is 1. The fraction of sp³-hybridized carbons (Fsp3) is 0.133. The van der Waals surface area contributed by atoms with Crippen molar-refractivity contribution in [1.82, 2.24) is 10.2 Å². The Bertz CT molecular complexity index is 1900. The Hall–Kier alpha value is -4.03. The van der Waals surface area contributed by atoms with Crippen LogP contribution < -0.4 is 14.4 Å². The molecule has 9 nitrogen and oxygen atoms in total. The number of aliphatic hydroxyl groups is 1. The van der Waals surface area contributed by atoms with E-state index in [0.29, 0.717) is 48.2 Å². The molecule has 43 heavy (non-hydrogen) atoms. The molecule has 1 N–H and O–H groups in total. The molecule has 6 rings (SSSR count). The zero-order valence-electron chi connectivity index (χ0n) is 22.5. The van der Waals surface area contributed by atoms with E-state index in [4.69, 9.17) is 37.1 Å². The Morgan fingerprint density at radius 1 is 1.07 bits per heavy atom. The molecule has 2 aromatic heterocycles. The summed E-state index contributed by atoms with van der Waals surface area (Å²) < 4.78 is 17.1. The van der Waals surface area contributed by atoms with Gasteiger partial charge in [0.25, 0.3) is 5.91 Å². The lowest BCUT2D eigenvalue weighted by Crippen LogP contribution is -2.31. The number of amides is 1. The lowest BCUT2D eigenvalue weighted by atomic mass is 9.95. The van der Waals surface area contributed by atoms with Crippen molar-refractivity contribution in [3.8, 4) is 11.5 Å². The number of aliphatic hydroxyl groups excluding tert-OH is 1. The van der Waals surface area contributed by atoms with Gasteiger partial charge in [0.15, 0.2) is 27.2 Å². The van der Waals surface area contributed by atoms with E-state index in [9.17, 15) is 14.7 Å². The van der Waals surface area contributed by atoms with Gasteiger partial charge in [-0.3, -0.25) is 14.5 Å². The first-order chi connectivity index (χ1) is 20.8. The Balaban J connectivity index is 1.36. The van der Waals surface area contributed by atoms with E-state index < -0.39 is 23.5 Å². The number of carbonyl (C=O) groups is 2. The Kier molecular flexibility index (Phi) is 8.06. The topological polar surface area (TPSA) is 115 Å². The summed E-state index contributed by atoms with van der Waals surface area (Å²) in [5.41, 5.74) is 1.64. The second-order valence-corrected chi connectivity index (χ2v) is 12.3. The molecule has 3 aromatic carbocycles. The standard InChI is InChI=1S/C30H21Cl2N3O6S2/c1-39-19-10-7-15(8-11-19)24-23(25(36)22-12-16-4-3-5-21(40-2)27(16)41-22)26(37)28(38)35(24)29-33-34-30(43-29)42-14-17-6-9-18(31)13-20(17)32/h3-13,24,37H,14H2,1-2H3. The summed E-state index contributed by atoms with van der Waals surface area (Å²) in [6.45, 7) is 0. The minimum Gasteiger partial charge on any atom is -0.503 e. The highest BCUT2D eigenvalue weighted by Gasteiger charge is 2.47. The first-order valence-corrected chi connectivity index (χ1v) is 15.3. The van der Waals surface area contributed by atoms with Crippen molar-refractivity contribution in [3.05, 3.63) is 105 Å². The highest BCUT2D eigenvalue weighted by atomic mass is 35.5. The number of hydrogen-bond donors (Lipinski definition) is 1. The fourth-order valence-electron chi connectivity index (χ4n) is 4.71. The molecule has 0 spiro atoms. The number of ketones is 1. The zero-order chi connectivity index (χ0) is 30.2. The molecule has 3 heterocycles. The van der Waals surface area contributed by atoms with Crippen molar-refractivity contribution in [1.29, 1.82) is 0 Å². The molecule has 5 aromatic rings.